The molecule has 5 rings (SSSR count). The molecule has 4 atom stereocenters. The molecule has 1 saturated heterocycles. The van der Waals surface area contributed by atoms with E-state index < -0.39 is 36.5 Å². The molecule has 4 aromatic rings. The van der Waals surface area contributed by atoms with Crippen LogP contribution in [0.1, 0.15) is 28.8 Å². The molecule has 4 unspecified atom stereocenters. The molecule has 1 aliphatic heterocycles. The van der Waals surface area contributed by atoms with Crippen molar-refractivity contribution in [3.63, 3.8) is 0 Å². The minimum absolute atomic E-state index is 0.223. The summed E-state index contributed by atoms with van der Waals surface area (Å²) < 4.78 is 22.6. The number of rotatable bonds is 9. The number of ether oxygens (including phenoxy) is 3. The lowest BCUT2D eigenvalue weighted by Gasteiger charge is -2.17. The number of azide groups is 1. The van der Waals surface area contributed by atoms with Crippen molar-refractivity contribution in [3.05, 3.63) is 68.9 Å². The van der Waals surface area contributed by atoms with Gasteiger partial charge >= 0.3 is 12.1 Å². The third-order valence-corrected chi connectivity index (χ3v) is 6.75. The quantitative estimate of drug-likeness (QED) is 0.0828. The number of nitrogens with one attached hydrogen (secondary N) is 1. The van der Waals surface area contributed by atoms with Crippen molar-refractivity contribution in [1.29, 1.82) is 0 Å². The number of benzene rings is 1. The summed E-state index contributed by atoms with van der Waals surface area (Å²) in [6.45, 7) is 4.12. The summed E-state index contributed by atoms with van der Waals surface area (Å²) in [6, 6.07) is 3.79. The molecule has 0 spiro atoms. The van der Waals surface area contributed by atoms with E-state index in [0.717, 1.165) is 16.8 Å². The van der Waals surface area contributed by atoms with Gasteiger partial charge in [-0.05, 0) is 37.6 Å². The van der Waals surface area contributed by atoms with Crippen LogP contribution in [0.25, 0.3) is 21.6 Å². The van der Waals surface area contributed by atoms with Gasteiger partial charge in [-0.15, -0.1) is 0 Å². The number of anilines is 1. The second-order valence-corrected chi connectivity index (χ2v) is 9.55. The molecular weight excluding hydrogens is 576 g/mol. The van der Waals surface area contributed by atoms with Gasteiger partial charge in [0.25, 0.3) is 0 Å². The number of hydrogen-bond acceptors (Lipinski definition) is 13. The summed E-state index contributed by atoms with van der Waals surface area (Å²) in [5, 5.41) is 21.9. The Hall–Kier alpha value is -4.96. The van der Waals surface area contributed by atoms with Gasteiger partial charge in [0.2, 0.25) is 0 Å². The SMILES string of the molecule is Cc1noc(C)c1COc1ccc(Cl)cc1CNc1ncnc2c1ncn2C1OC(C(=O)OC(N)=O)C(N=[N+]=[N-])C1O. The molecule has 0 aliphatic carbocycles. The van der Waals surface area contributed by atoms with Gasteiger partial charge in [-0.2, -0.15) is 0 Å². The van der Waals surface area contributed by atoms with Crippen molar-refractivity contribution in [3.8, 4) is 5.75 Å². The molecule has 1 aliphatic rings. The number of carbonyl (C=O) groups is 2. The molecule has 0 bridgehead atoms. The second-order valence-electron chi connectivity index (χ2n) is 9.12. The number of amides is 1. The number of aromatic nitrogens is 5. The molecule has 1 fully saturated rings. The lowest BCUT2D eigenvalue weighted by molar-refractivity contribution is -0.152. The molecule has 218 valence electrons. The Morgan fingerprint density at radius 2 is 2.12 bits per heavy atom. The Balaban J connectivity index is 1.37. The Morgan fingerprint density at radius 1 is 1.31 bits per heavy atom. The van der Waals surface area contributed by atoms with E-state index in [1.165, 1.54) is 17.2 Å². The number of esters is 1. The van der Waals surface area contributed by atoms with Crippen molar-refractivity contribution in [2.24, 2.45) is 10.8 Å². The van der Waals surface area contributed by atoms with Crippen LogP contribution in [0.3, 0.4) is 0 Å². The van der Waals surface area contributed by atoms with E-state index in [0.29, 0.717) is 27.9 Å². The summed E-state index contributed by atoms with van der Waals surface area (Å²) in [7, 11) is 0. The molecule has 17 nitrogen and oxygen atoms in total. The summed E-state index contributed by atoms with van der Waals surface area (Å²) >= 11 is 6.25. The van der Waals surface area contributed by atoms with Crippen molar-refractivity contribution >= 4 is 40.6 Å². The van der Waals surface area contributed by atoms with Crippen molar-refractivity contribution in [1.82, 2.24) is 24.7 Å². The Kier molecular flexibility index (Phi) is 8.08. The Labute approximate surface area is 241 Å². The molecule has 1 amide bonds. The zero-order chi connectivity index (χ0) is 30.0. The third-order valence-electron chi connectivity index (χ3n) is 6.51. The monoisotopic (exact) mass is 598 g/mol. The number of aliphatic hydroxyl groups is 1. The fourth-order valence-corrected chi connectivity index (χ4v) is 4.66. The predicted molar refractivity (Wildman–Crippen MR) is 143 cm³/mol. The van der Waals surface area contributed by atoms with Crippen LogP contribution >= 0.6 is 11.6 Å². The number of hydrogen-bond donors (Lipinski definition) is 3. The van der Waals surface area contributed by atoms with E-state index in [1.54, 1.807) is 18.2 Å². The topological polar surface area (TPSA) is 238 Å². The van der Waals surface area contributed by atoms with Crippen LogP contribution in [0.15, 0.2) is 40.5 Å². The maximum atomic E-state index is 12.3. The number of fused-ring (bicyclic) bond motifs is 1. The van der Waals surface area contributed by atoms with Crippen molar-refractivity contribution in [2.75, 3.05) is 5.32 Å². The number of aliphatic hydroxyl groups excluding tert-OH is 1. The molecule has 4 heterocycles. The van der Waals surface area contributed by atoms with E-state index in [4.69, 9.17) is 36.9 Å². The summed E-state index contributed by atoms with van der Waals surface area (Å²) in [4.78, 5) is 38.9. The number of nitrogens with zero attached hydrogens (tertiary/aromatic N) is 8. The maximum absolute atomic E-state index is 12.3. The van der Waals surface area contributed by atoms with Gasteiger partial charge in [-0.3, -0.25) is 4.57 Å². The van der Waals surface area contributed by atoms with Crippen LogP contribution in [0.4, 0.5) is 10.6 Å². The third kappa shape index (κ3) is 5.61. The van der Waals surface area contributed by atoms with Gasteiger partial charge in [0, 0.05) is 22.0 Å². The van der Waals surface area contributed by atoms with Crippen LogP contribution in [-0.2, 0) is 27.4 Å². The van der Waals surface area contributed by atoms with E-state index >= 15 is 0 Å². The molecule has 3 aromatic heterocycles. The van der Waals surface area contributed by atoms with E-state index in [1.807, 2.05) is 13.8 Å². The maximum Gasteiger partial charge on any atom is 0.412 e. The Bertz CT molecular complexity index is 1680. The average molecular weight is 599 g/mol. The van der Waals surface area contributed by atoms with E-state index in [-0.39, 0.29) is 18.8 Å². The highest BCUT2D eigenvalue weighted by atomic mass is 35.5. The second kappa shape index (κ2) is 11.9. The fourth-order valence-electron chi connectivity index (χ4n) is 4.46. The lowest BCUT2D eigenvalue weighted by Crippen LogP contribution is -2.37. The lowest BCUT2D eigenvalue weighted by atomic mass is 10.1. The molecule has 0 radical (unpaired) electrons. The van der Waals surface area contributed by atoms with Gasteiger partial charge in [0.15, 0.2) is 29.3 Å². The summed E-state index contributed by atoms with van der Waals surface area (Å²) in [5.74, 6) is 0.345. The first kappa shape index (κ1) is 28.6. The average Bonchev–Trinajstić information content (AvgIpc) is 3.62. The van der Waals surface area contributed by atoms with Gasteiger partial charge in [0.05, 0.1) is 17.6 Å². The number of carbonyl (C=O) groups excluding carboxylic acids is 2. The number of primary amides is 1. The molecule has 42 heavy (non-hydrogen) atoms. The minimum atomic E-state index is -1.61. The highest BCUT2D eigenvalue weighted by Crippen LogP contribution is 2.35. The van der Waals surface area contributed by atoms with Crippen LogP contribution < -0.4 is 15.8 Å². The molecular formula is C24H23ClN10O7. The van der Waals surface area contributed by atoms with Crippen molar-refractivity contribution < 1.29 is 33.4 Å². The fraction of sp³-hybridized carbons (Fsp3) is 0.333. The zero-order valence-corrected chi connectivity index (χ0v) is 22.8. The number of halogens is 1. The molecule has 1 aromatic carbocycles. The number of imidazole rings is 1. The number of aryl methyl sites for hydroxylation is 2. The summed E-state index contributed by atoms with van der Waals surface area (Å²) in [6.07, 6.45) is -3.23. The molecule has 18 heteroatoms. The first-order chi connectivity index (χ1) is 20.2. The minimum Gasteiger partial charge on any atom is -0.488 e. The first-order valence-corrected chi connectivity index (χ1v) is 12.7. The van der Waals surface area contributed by atoms with E-state index in [2.05, 4.69) is 40.2 Å². The van der Waals surface area contributed by atoms with Gasteiger partial charge in [0.1, 0.15) is 36.6 Å². The van der Waals surface area contributed by atoms with E-state index in [9.17, 15) is 14.7 Å². The normalized spacial score (nSPS) is 19.8. The first-order valence-electron chi connectivity index (χ1n) is 12.3. The van der Waals surface area contributed by atoms with Gasteiger partial charge in [-0.1, -0.05) is 21.9 Å². The standard InChI is InChI=1S/C24H23ClN10O7/c1-10-14(11(2)42-33-10)7-39-15-4-3-13(25)5-12(15)6-28-20-17-21(30-8-29-20)35(9-31-17)22-18(36)16(32-34-27)19(40-22)23(37)41-24(26)38/h3-5,8-9,16,18-19,22,36H,6-7H2,1-2H3,(H2,26,38)(H,28,29,30). The highest BCUT2D eigenvalue weighted by Gasteiger charge is 2.49. The smallest absolute Gasteiger partial charge is 0.412 e. The van der Waals surface area contributed by atoms with Crippen LogP contribution in [-0.4, -0.2) is 60.1 Å². The van der Waals surface area contributed by atoms with Crippen molar-refractivity contribution in [2.45, 2.75) is 51.5 Å². The van der Waals surface area contributed by atoms with Crippen LogP contribution in [0.2, 0.25) is 5.02 Å². The largest absolute Gasteiger partial charge is 0.488 e. The van der Waals surface area contributed by atoms with Gasteiger partial charge < -0.3 is 34.9 Å². The molecule has 4 N–H and O–H groups in total. The predicted octanol–water partition coefficient (Wildman–Crippen LogP) is 2.83. The van der Waals surface area contributed by atoms with Crippen LogP contribution in [0.5, 0.6) is 5.75 Å². The molecule has 0 saturated carbocycles. The number of nitrogens with two attached hydrogens (primary N) is 1. The Morgan fingerprint density at radius 3 is 2.83 bits per heavy atom. The van der Waals surface area contributed by atoms with Crippen LogP contribution in [0, 0.1) is 13.8 Å². The van der Waals surface area contributed by atoms with Gasteiger partial charge in [-0.25, -0.2) is 24.5 Å². The summed E-state index contributed by atoms with van der Waals surface area (Å²) in [5.41, 5.74) is 16.7. The zero-order valence-electron chi connectivity index (χ0n) is 22.0. The highest BCUT2D eigenvalue weighted by molar-refractivity contribution is 6.30.